The van der Waals surface area contributed by atoms with Crippen LogP contribution in [0.4, 0.5) is 5.69 Å². The van der Waals surface area contributed by atoms with Crippen molar-refractivity contribution in [3.63, 3.8) is 0 Å². The molecule has 2 N–H and O–H groups in total. The number of anilines is 1. The summed E-state index contributed by atoms with van der Waals surface area (Å²) < 4.78 is 10.5. The van der Waals surface area contributed by atoms with Crippen LogP contribution < -0.4 is 15.4 Å². The molecule has 0 saturated carbocycles. The molecule has 0 aliphatic heterocycles. The summed E-state index contributed by atoms with van der Waals surface area (Å²) in [5, 5.41) is 5.30. The van der Waals surface area contributed by atoms with Gasteiger partial charge in [0.2, 0.25) is 0 Å². The van der Waals surface area contributed by atoms with Crippen LogP contribution in [0.1, 0.15) is 55.3 Å². The van der Waals surface area contributed by atoms with Gasteiger partial charge in [0, 0.05) is 29.9 Å². The highest BCUT2D eigenvalue weighted by atomic mass is 16.5. The third kappa shape index (κ3) is 8.11. The second-order valence-corrected chi connectivity index (χ2v) is 8.36. The molecule has 0 radical (unpaired) electrons. The normalized spacial score (nSPS) is 11.4. The highest BCUT2D eigenvalue weighted by Gasteiger charge is 2.27. The van der Waals surface area contributed by atoms with E-state index >= 15 is 0 Å². The van der Waals surface area contributed by atoms with Gasteiger partial charge in [-0.3, -0.25) is 14.4 Å². The molecule has 9 heteroatoms. The molecule has 0 bridgehead atoms. The molecule has 0 heterocycles. The quantitative estimate of drug-likeness (QED) is 0.434. The number of amides is 3. The van der Waals surface area contributed by atoms with E-state index in [1.807, 2.05) is 20.8 Å². The zero-order chi connectivity index (χ0) is 26.7. The predicted octanol–water partition coefficient (Wildman–Crippen LogP) is 3.50. The van der Waals surface area contributed by atoms with E-state index in [4.69, 9.17) is 9.47 Å². The molecule has 36 heavy (non-hydrogen) atoms. The Labute approximate surface area is 212 Å². The molecule has 0 aromatic heterocycles. The van der Waals surface area contributed by atoms with E-state index in [0.717, 1.165) is 0 Å². The van der Waals surface area contributed by atoms with E-state index in [9.17, 15) is 19.2 Å². The number of rotatable bonds is 12. The first-order chi connectivity index (χ1) is 17.2. The summed E-state index contributed by atoms with van der Waals surface area (Å²) in [6.45, 7) is 10.4. The van der Waals surface area contributed by atoms with Gasteiger partial charge in [-0.05, 0) is 75.2 Å². The van der Waals surface area contributed by atoms with E-state index in [1.54, 1.807) is 67.3 Å². The Bertz CT molecular complexity index is 1030. The number of hydrogen-bond acceptors (Lipinski definition) is 6. The van der Waals surface area contributed by atoms with Crippen molar-refractivity contribution in [2.24, 2.45) is 5.92 Å². The van der Waals surface area contributed by atoms with Gasteiger partial charge in [0.05, 0.1) is 6.61 Å². The molecule has 1 atom stereocenters. The van der Waals surface area contributed by atoms with Crippen molar-refractivity contribution >= 4 is 29.4 Å². The Hall–Kier alpha value is -3.88. The lowest BCUT2D eigenvalue weighted by Crippen LogP contribution is -2.45. The van der Waals surface area contributed by atoms with Gasteiger partial charge in [-0.2, -0.15) is 0 Å². The van der Waals surface area contributed by atoms with Gasteiger partial charge in [0.15, 0.2) is 6.61 Å². The third-order valence-electron chi connectivity index (χ3n) is 5.45. The van der Waals surface area contributed by atoms with Gasteiger partial charge in [-0.1, -0.05) is 13.8 Å². The van der Waals surface area contributed by atoms with Crippen LogP contribution in [0.5, 0.6) is 5.75 Å². The lowest BCUT2D eigenvalue weighted by molar-refractivity contribution is -0.150. The Kier molecular flexibility index (Phi) is 10.9. The molecule has 9 nitrogen and oxygen atoms in total. The molecular weight excluding hydrogens is 462 g/mol. The first-order valence-electron chi connectivity index (χ1n) is 12.1. The molecule has 1 unspecified atom stereocenters. The van der Waals surface area contributed by atoms with Crippen LogP contribution >= 0.6 is 0 Å². The summed E-state index contributed by atoms with van der Waals surface area (Å²) in [6.07, 6.45) is 0. The van der Waals surface area contributed by atoms with Crippen molar-refractivity contribution < 1.29 is 28.7 Å². The summed E-state index contributed by atoms with van der Waals surface area (Å²) in [4.78, 5) is 51.6. The van der Waals surface area contributed by atoms with E-state index in [2.05, 4.69) is 10.6 Å². The molecule has 2 aromatic carbocycles. The van der Waals surface area contributed by atoms with E-state index in [0.29, 0.717) is 42.3 Å². The van der Waals surface area contributed by atoms with Crippen molar-refractivity contribution in [3.05, 3.63) is 59.7 Å². The summed E-state index contributed by atoms with van der Waals surface area (Å²) in [5.41, 5.74) is 1.36. The maximum Gasteiger partial charge on any atom is 0.329 e. The topological polar surface area (TPSA) is 114 Å². The molecule has 3 amide bonds. The molecule has 0 saturated heterocycles. The number of benzene rings is 2. The molecule has 194 valence electrons. The van der Waals surface area contributed by atoms with Gasteiger partial charge in [0.25, 0.3) is 17.7 Å². The lowest BCUT2D eigenvalue weighted by atomic mass is 10.0. The highest BCUT2D eigenvalue weighted by Crippen LogP contribution is 2.14. The Morgan fingerprint density at radius 2 is 1.44 bits per heavy atom. The first-order valence-corrected chi connectivity index (χ1v) is 12.1. The summed E-state index contributed by atoms with van der Waals surface area (Å²) >= 11 is 0. The van der Waals surface area contributed by atoms with Gasteiger partial charge in [-0.15, -0.1) is 0 Å². The fraction of sp³-hybridized carbons (Fsp3) is 0.407. The Morgan fingerprint density at radius 1 is 0.861 bits per heavy atom. The fourth-order valence-electron chi connectivity index (χ4n) is 3.40. The van der Waals surface area contributed by atoms with E-state index in [1.165, 1.54) is 0 Å². The summed E-state index contributed by atoms with van der Waals surface area (Å²) in [6, 6.07) is 12.1. The smallest absolute Gasteiger partial charge is 0.329 e. The molecule has 0 fully saturated rings. The molecule has 0 spiro atoms. The maximum atomic E-state index is 12.6. The minimum Gasteiger partial charge on any atom is -0.494 e. The number of hydrogen-bond donors (Lipinski definition) is 2. The number of nitrogens with one attached hydrogen (secondary N) is 2. The predicted molar refractivity (Wildman–Crippen MR) is 137 cm³/mol. The standard InChI is InChI=1S/C27H35N3O6/c1-6-30(7-2)26(33)20-9-13-21(14-10-20)28-23(31)17-36-27(34)24(18(4)5)29-25(32)19-11-15-22(16-12-19)35-8-3/h9-16,18,24H,6-8,17H2,1-5H3,(H,28,31)(H,29,32). The molecule has 2 rings (SSSR count). The van der Waals surface area contributed by atoms with Crippen LogP contribution in [0.2, 0.25) is 0 Å². The van der Waals surface area contributed by atoms with Crippen LogP contribution in [0.3, 0.4) is 0 Å². The second kappa shape index (κ2) is 13.9. The lowest BCUT2D eigenvalue weighted by Gasteiger charge is -2.21. The third-order valence-corrected chi connectivity index (χ3v) is 5.45. The summed E-state index contributed by atoms with van der Waals surface area (Å²) in [7, 11) is 0. The number of nitrogens with zero attached hydrogens (tertiary/aromatic N) is 1. The minimum atomic E-state index is -0.928. The van der Waals surface area contributed by atoms with Gasteiger partial charge >= 0.3 is 5.97 Å². The van der Waals surface area contributed by atoms with Gasteiger partial charge in [-0.25, -0.2) is 4.79 Å². The highest BCUT2D eigenvalue weighted by molar-refractivity contribution is 5.98. The van der Waals surface area contributed by atoms with Crippen LogP contribution in [0.25, 0.3) is 0 Å². The van der Waals surface area contributed by atoms with Gasteiger partial charge in [0.1, 0.15) is 11.8 Å². The Balaban J connectivity index is 1.90. The number of esters is 1. The monoisotopic (exact) mass is 497 g/mol. The van der Waals surface area contributed by atoms with Crippen LogP contribution in [0, 0.1) is 5.92 Å². The van der Waals surface area contributed by atoms with Crippen molar-refractivity contribution in [1.29, 1.82) is 0 Å². The van der Waals surface area contributed by atoms with Gasteiger partial charge < -0.3 is 25.0 Å². The molecule has 0 aliphatic rings. The van der Waals surface area contributed by atoms with Crippen molar-refractivity contribution in [3.8, 4) is 5.75 Å². The molecule has 2 aromatic rings. The van der Waals surface area contributed by atoms with Crippen molar-refractivity contribution in [2.45, 2.75) is 40.7 Å². The zero-order valence-corrected chi connectivity index (χ0v) is 21.5. The number of ether oxygens (including phenoxy) is 2. The number of carbonyl (C=O) groups is 4. The van der Waals surface area contributed by atoms with Crippen LogP contribution in [0.15, 0.2) is 48.5 Å². The SMILES string of the molecule is CCOc1ccc(C(=O)NC(C(=O)OCC(=O)Nc2ccc(C(=O)N(CC)CC)cc2)C(C)C)cc1. The maximum absolute atomic E-state index is 12.6. The number of carbonyl (C=O) groups excluding carboxylic acids is 4. The largest absolute Gasteiger partial charge is 0.494 e. The van der Waals surface area contributed by atoms with Crippen LogP contribution in [-0.4, -0.2) is 60.9 Å². The molecule has 0 aliphatic carbocycles. The van der Waals surface area contributed by atoms with Crippen molar-refractivity contribution in [2.75, 3.05) is 31.6 Å². The first kappa shape index (κ1) is 28.4. The Morgan fingerprint density at radius 3 is 1.97 bits per heavy atom. The molecular formula is C27H35N3O6. The zero-order valence-electron chi connectivity index (χ0n) is 21.5. The minimum absolute atomic E-state index is 0.0844. The average molecular weight is 498 g/mol. The second-order valence-electron chi connectivity index (χ2n) is 8.36. The van der Waals surface area contributed by atoms with Crippen molar-refractivity contribution in [1.82, 2.24) is 10.2 Å². The average Bonchev–Trinajstić information content (AvgIpc) is 2.87. The fourth-order valence-corrected chi connectivity index (χ4v) is 3.40. The summed E-state index contributed by atoms with van der Waals surface area (Å²) in [5.74, 6) is -1.38. The van der Waals surface area contributed by atoms with E-state index in [-0.39, 0.29) is 11.8 Å². The van der Waals surface area contributed by atoms with Crippen LogP contribution in [-0.2, 0) is 14.3 Å². The van der Waals surface area contributed by atoms with E-state index < -0.39 is 30.4 Å².